The Bertz CT molecular complexity index is 1340. The number of carbonyl (C=O) groups is 1. The number of rotatable bonds is 7. The lowest BCUT2D eigenvalue weighted by molar-refractivity contribution is -0.274. The van der Waals surface area contributed by atoms with E-state index < -0.39 is 33.1 Å². The molecule has 8 nitrogen and oxygen atoms in total. The zero-order valence-corrected chi connectivity index (χ0v) is 22.7. The largest absolute Gasteiger partial charge is 0.573 e. The highest BCUT2D eigenvalue weighted by molar-refractivity contribution is 7.89. The van der Waals surface area contributed by atoms with Crippen LogP contribution in [0.15, 0.2) is 47.4 Å². The summed E-state index contributed by atoms with van der Waals surface area (Å²) in [5, 5.41) is 2.75. The summed E-state index contributed by atoms with van der Waals surface area (Å²) in [6.45, 7) is 2.74. The van der Waals surface area contributed by atoms with Gasteiger partial charge < -0.3 is 15.0 Å². The third-order valence-electron chi connectivity index (χ3n) is 6.51. The molecule has 212 valence electrons. The summed E-state index contributed by atoms with van der Waals surface area (Å²) in [5.74, 6) is -1.51. The zero-order chi connectivity index (χ0) is 28.5. The molecule has 2 aromatic rings. The average molecular weight is 591 g/mol. The number of alkyl halides is 3. The summed E-state index contributed by atoms with van der Waals surface area (Å²) < 4.78 is 82.4. The van der Waals surface area contributed by atoms with Crippen LogP contribution in [0.2, 0.25) is 5.02 Å². The van der Waals surface area contributed by atoms with Crippen molar-refractivity contribution >= 4 is 33.6 Å². The fourth-order valence-electron chi connectivity index (χ4n) is 4.78. The second-order valence-corrected chi connectivity index (χ2v) is 12.0. The molecule has 2 heterocycles. The molecule has 0 aromatic heterocycles. The van der Waals surface area contributed by atoms with E-state index in [4.69, 9.17) is 11.6 Å². The Labute approximate surface area is 228 Å². The minimum Gasteiger partial charge on any atom is -0.404 e. The Morgan fingerprint density at radius 3 is 2.33 bits per heavy atom. The number of hydrogen-bond donors (Lipinski definition) is 1. The van der Waals surface area contributed by atoms with Gasteiger partial charge in [0.1, 0.15) is 11.6 Å². The molecule has 2 aliphatic heterocycles. The van der Waals surface area contributed by atoms with Gasteiger partial charge >= 0.3 is 6.36 Å². The number of ether oxygens (including phenoxy) is 1. The summed E-state index contributed by atoms with van der Waals surface area (Å²) in [6, 6.07) is 7.54. The molecule has 0 spiro atoms. The number of fused-ring (bicyclic) bond motifs is 2. The van der Waals surface area contributed by atoms with E-state index in [0.717, 1.165) is 34.2 Å². The quantitative estimate of drug-likeness (QED) is 0.394. The van der Waals surface area contributed by atoms with Crippen molar-refractivity contribution in [3.8, 4) is 5.75 Å². The van der Waals surface area contributed by atoms with Crippen molar-refractivity contribution in [2.24, 2.45) is 0 Å². The van der Waals surface area contributed by atoms with E-state index in [2.05, 4.69) is 15.0 Å². The Hall–Kier alpha value is -2.71. The SMILES string of the molecule is CN(C)S(=O)(=O)c1cc(Cl)c(OC(F)(F)F)cc1/C=C/C(=O)N1C2CNCC1CN(Cc1ccc(F)cc1)C2. The van der Waals surface area contributed by atoms with E-state index in [1.54, 1.807) is 17.0 Å². The molecule has 39 heavy (non-hydrogen) atoms. The molecule has 14 heteroatoms. The number of nitrogens with one attached hydrogen (secondary N) is 1. The molecule has 2 bridgehead atoms. The van der Waals surface area contributed by atoms with E-state index in [-0.39, 0.29) is 28.4 Å². The molecule has 2 aromatic carbocycles. The number of sulfonamides is 1. The van der Waals surface area contributed by atoms with Gasteiger partial charge in [-0.05, 0) is 41.5 Å². The van der Waals surface area contributed by atoms with Crippen LogP contribution in [0, 0.1) is 5.82 Å². The van der Waals surface area contributed by atoms with Crippen molar-refractivity contribution in [2.75, 3.05) is 40.3 Å². The Morgan fingerprint density at radius 1 is 1.15 bits per heavy atom. The first-order valence-corrected chi connectivity index (χ1v) is 13.8. The molecule has 2 saturated heterocycles. The lowest BCUT2D eigenvalue weighted by Gasteiger charge is -2.50. The second-order valence-electron chi connectivity index (χ2n) is 9.52. The van der Waals surface area contributed by atoms with Gasteiger partial charge in [0, 0.05) is 52.9 Å². The van der Waals surface area contributed by atoms with Gasteiger partial charge in [0.05, 0.1) is 22.0 Å². The Kier molecular flexibility index (Phi) is 8.57. The smallest absolute Gasteiger partial charge is 0.404 e. The monoisotopic (exact) mass is 590 g/mol. The third kappa shape index (κ3) is 6.90. The molecule has 2 unspecified atom stereocenters. The van der Waals surface area contributed by atoms with Crippen LogP contribution in [-0.2, 0) is 21.4 Å². The summed E-state index contributed by atoms with van der Waals surface area (Å²) in [5.41, 5.74) is 0.760. The molecular weight excluding hydrogens is 564 g/mol. The summed E-state index contributed by atoms with van der Waals surface area (Å²) in [7, 11) is -1.59. The van der Waals surface area contributed by atoms with Gasteiger partial charge in [-0.25, -0.2) is 17.1 Å². The number of benzene rings is 2. The second kappa shape index (κ2) is 11.4. The molecule has 2 atom stereocenters. The fraction of sp³-hybridized carbons (Fsp3) is 0.400. The van der Waals surface area contributed by atoms with Crippen LogP contribution in [0.5, 0.6) is 5.75 Å². The van der Waals surface area contributed by atoms with Crippen molar-refractivity contribution in [1.29, 1.82) is 0 Å². The standard InChI is InChI=1S/C25H27ClF4N4O4S/c1-32(2)39(36,37)23-10-21(26)22(38-25(28,29)30)9-17(23)5-8-24(35)34-19-11-31-12-20(34)15-33(14-19)13-16-3-6-18(27)7-4-16/h3-10,19-20,31H,11-15H2,1-2H3/b8-5+. The van der Waals surface area contributed by atoms with Crippen LogP contribution in [0.25, 0.3) is 6.08 Å². The minimum absolute atomic E-state index is 0.182. The Morgan fingerprint density at radius 2 is 1.77 bits per heavy atom. The lowest BCUT2D eigenvalue weighted by atomic mass is 10.0. The van der Waals surface area contributed by atoms with Gasteiger partial charge in [-0.3, -0.25) is 9.69 Å². The molecule has 1 N–H and O–H groups in total. The Balaban J connectivity index is 1.58. The average Bonchev–Trinajstić information content (AvgIpc) is 2.84. The van der Waals surface area contributed by atoms with Crippen molar-refractivity contribution in [3.63, 3.8) is 0 Å². The molecular formula is C25H27ClF4N4O4S. The first-order chi connectivity index (χ1) is 18.2. The molecule has 0 aliphatic carbocycles. The fourth-order valence-corrected chi connectivity index (χ4v) is 6.13. The maximum Gasteiger partial charge on any atom is 0.573 e. The maximum absolute atomic E-state index is 13.3. The number of halogens is 5. The zero-order valence-electron chi connectivity index (χ0n) is 21.1. The summed E-state index contributed by atoms with van der Waals surface area (Å²) in [6.07, 6.45) is -2.75. The van der Waals surface area contributed by atoms with Crippen molar-refractivity contribution in [1.82, 2.24) is 19.4 Å². The molecule has 1 amide bonds. The van der Waals surface area contributed by atoms with E-state index >= 15 is 0 Å². The number of hydrogen-bond acceptors (Lipinski definition) is 6. The van der Waals surface area contributed by atoms with Gasteiger partial charge in [0.2, 0.25) is 15.9 Å². The van der Waals surface area contributed by atoms with Gasteiger partial charge in [-0.2, -0.15) is 0 Å². The summed E-state index contributed by atoms with van der Waals surface area (Å²) in [4.78, 5) is 16.8. The van der Waals surface area contributed by atoms with Gasteiger partial charge in [0.15, 0.2) is 0 Å². The van der Waals surface area contributed by atoms with E-state index in [9.17, 15) is 30.8 Å². The number of amides is 1. The lowest BCUT2D eigenvalue weighted by Crippen LogP contribution is -2.68. The molecule has 4 rings (SSSR count). The first kappa shape index (κ1) is 29.3. The van der Waals surface area contributed by atoms with Crippen LogP contribution in [0.3, 0.4) is 0 Å². The van der Waals surface area contributed by atoms with Crippen LogP contribution in [0.4, 0.5) is 17.6 Å². The highest BCUT2D eigenvalue weighted by Gasteiger charge is 2.39. The highest BCUT2D eigenvalue weighted by Crippen LogP contribution is 2.35. The predicted molar refractivity (Wildman–Crippen MR) is 137 cm³/mol. The van der Waals surface area contributed by atoms with E-state index in [0.29, 0.717) is 32.7 Å². The predicted octanol–water partition coefficient (Wildman–Crippen LogP) is 3.33. The maximum atomic E-state index is 13.3. The van der Waals surface area contributed by atoms with Crippen molar-refractivity contribution < 1.29 is 35.5 Å². The van der Waals surface area contributed by atoms with Crippen LogP contribution in [-0.4, -0.2) is 87.2 Å². The molecule has 2 fully saturated rings. The first-order valence-electron chi connectivity index (χ1n) is 11.9. The summed E-state index contributed by atoms with van der Waals surface area (Å²) >= 11 is 5.91. The van der Waals surface area contributed by atoms with Crippen molar-refractivity contribution in [3.05, 3.63) is 64.4 Å². The number of carbonyl (C=O) groups excluding carboxylic acids is 1. The molecule has 0 radical (unpaired) electrons. The van der Waals surface area contributed by atoms with Gasteiger partial charge in [-0.1, -0.05) is 23.7 Å². The normalized spacial score (nSPS) is 20.6. The van der Waals surface area contributed by atoms with Gasteiger partial charge in [0.25, 0.3) is 0 Å². The third-order valence-corrected chi connectivity index (χ3v) is 8.68. The van der Waals surface area contributed by atoms with Crippen LogP contribution >= 0.6 is 11.6 Å². The van der Waals surface area contributed by atoms with Gasteiger partial charge in [-0.15, -0.1) is 13.2 Å². The van der Waals surface area contributed by atoms with E-state index in [1.807, 2.05) is 0 Å². The number of piperazine rings is 2. The van der Waals surface area contributed by atoms with Crippen molar-refractivity contribution in [2.45, 2.75) is 29.9 Å². The highest BCUT2D eigenvalue weighted by atomic mass is 35.5. The van der Waals surface area contributed by atoms with E-state index in [1.165, 1.54) is 26.2 Å². The molecule has 0 saturated carbocycles. The minimum atomic E-state index is -5.06. The molecule has 2 aliphatic rings. The topological polar surface area (TPSA) is 82.2 Å². The van der Waals surface area contributed by atoms with Crippen LogP contribution < -0.4 is 10.1 Å². The number of nitrogens with zero attached hydrogens (tertiary/aromatic N) is 3. The van der Waals surface area contributed by atoms with Crippen LogP contribution in [0.1, 0.15) is 11.1 Å².